The lowest BCUT2D eigenvalue weighted by Gasteiger charge is -2.04. The first-order valence-corrected chi connectivity index (χ1v) is 6.81. The highest BCUT2D eigenvalue weighted by Gasteiger charge is 2.10. The monoisotopic (exact) mass is 265 g/mol. The molecule has 0 bridgehead atoms. The number of nitrogens with two attached hydrogens (primary N) is 1. The minimum Gasteiger partial charge on any atom is -0.475 e. The number of carboxylic acid groups (broad SMARTS) is 1. The molecule has 2 rings (SSSR count). The largest absolute Gasteiger partial charge is 0.475 e. The van der Waals surface area contributed by atoms with Crippen molar-refractivity contribution in [2.75, 3.05) is 5.75 Å². The summed E-state index contributed by atoms with van der Waals surface area (Å²) >= 11 is 1.76. The van der Waals surface area contributed by atoms with Crippen LogP contribution >= 0.6 is 11.8 Å². The number of carbonyl (C=O) groups is 1. The first-order valence-electron chi connectivity index (χ1n) is 5.65. The number of rotatable bonds is 5. The van der Waals surface area contributed by atoms with E-state index in [1.54, 1.807) is 17.8 Å². The predicted molar refractivity (Wildman–Crippen MR) is 73.0 cm³/mol. The molecule has 1 aromatic heterocycles. The Labute approximate surface area is 109 Å². The molecule has 2 aromatic rings. The SMILES string of the molecule is CC(N)CSCc1ccc2oc(C(=O)O)cc2c1. The van der Waals surface area contributed by atoms with Crippen molar-refractivity contribution in [3.8, 4) is 0 Å². The van der Waals surface area contributed by atoms with Crippen LogP contribution in [0.1, 0.15) is 23.0 Å². The molecule has 18 heavy (non-hydrogen) atoms. The zero-order chi connectivity index (χ0) is 13.1. The quantitative estimate of drug-likeness (QED) is 0.869. The first kappa shape index (κ1) is 13.0. The normalized spacial score (nSPS) is 12.8. The molecule has 1 heterocycles. The van der Waals surface area contributed by atoms with E-state index in [1.807, 2.05) is 25.1 Å². The van der Waals surface area contributed by atoms with Crippen LogP contribution in [0.2, 0.25) is 0 Å². The Morgan fingerprint density at radius 1 is 1.50 bits per heavy atom. The van der Waals surface area contributed by atoms with E-state index in [0.29, 0.717) is 5.58 Å². The summed E-state index contributed by atoms with van der Waals surface area (Å²) in [6.07, 6.45) is 0. The third kappa shape index (κ3) is 3.05. The van der Waals surface area contributed by atoms with Gasteiger partial charge in [0, 0.05) is 22.9 Å². The summed E-state index contributed by atoms with van der Waals surface area (Å²) in [5, 5.41) is 9.67. The number of aromatic carboxylic acids is 1. The van der Waals surface area contributed by atoms with Crippen molar-refractivity contribution < 1.29 is 14.3 Å². The van der Waals surface area contributed by atoms with Crippen LogP contribution in [0.4, 0.5) is 0 Å². The maximum Gasteiger partial charge on any atom is 0.371 e. The summed E-state index contributed by atoms with van der Waals surface area (Å²) in [6, 6.07) is 7.46. The topological polar surface area (TPSA) is 76.5 Å². The van der Waals surface area contributed by atoms with Crippen LogP contribution in [0.15, 0.2) is 28.7 Å². The number of hydrogen-bond acceptors (Lipinski definition) is 4. The van der Waals surface area contributed by atoms with E-state index in [-0.39, 0.29) is 11.8 Å². The molecule has 0 amide bonds. The van der Waals surface area contributed by atoms with Crippen molar-refractivity contribution in [2.24, 2.45) is 5.73 Å². The third-order valence-corrected chi connectivity index (χ3v) is 3.74. The van der Waals surface area contributed by atoms with Crippen LogP contribution in [0, 0.1) is 0 Å². The molecule has 0 aliphatic carbocycles. The van der Waals surface area contributed by atoms with E-state index in [9.17, 15) is 4.79 Å². The molecule has 1 unspecified atom stereocenters. The number of thioether (sulfide) groups is 1. The molecule has 1 atom stereocenters. The van der Waals surface area contributed by atoms with Gasteiger partial charge < -0.3 is 15.3 Å². The molecule has 0 aliphatic heterocycles. The van der Waals surface area contributed by atoms with Crippen molar-refractivity contribution in [1.29, 1.82) is 0 Å². The predicted octanol–water partition coefficient (Wildman–Crippen LogP) is 2.71. The molecule has 0 saturated heterocycles. The molecule has 0 spiro atoms. The van der Waals surface area contributed by atoms with Gasteiger partial charge in [-0.25, -0.2) is 4.79 Å². The van der Waals surface area contributed by atoms with E-state index in [4.69, 9.17) is 15.3 Å². The highest BCUT2D eigenvalue weighted by atomic mass is 32.2. The molecule has 0 saturated carbocycles. The molecule has 5 heteroatoms. The molecular formula is C13H15NO3S. The second-order valence-corrected chi connectivity index (χ2v) is 5.31. The third-order valence-electron chi connectivity index (χ3n) is 2.44. The van der Waals surface area contributed by atoms with Gasteiger partial charge in [-0.1, -0.05) is 6.07 Å². The van der Waals surface area contributed by atoms with Gasteiger partial charge in [0.1, 0.15) is 5.58 Å². The summed E-state index contributed by atoms with van der Waals surface area (Å²) < 4.78 is 5.20. The van der Waals surface area contributed by atoms with Crippen LogP contribution < -0.4 is 5.73 Å². The van der Waals surface area contributed by atoms with E-state index in [0.717, 1.165) is 22.5 Å². The van der Waals surface area contributed by atoms with Gasteiger partial charge in [-0.15, -0.1) is 0 Å². The maximum atomic E-state index is 10.8. The summed E-state index contributed by atoms with van der Waals surface area (Å²) in [4.78, 5) is 10.8. The number of hydrogen-bond donors (Lipinski definition) is 2. The second kappa shape index (κ2) is 5.46. The number of carboxylic acids is 1. The Morgan fingerprint density at radius 3 is 2.94 bits per heavy atom. The fraction of sp³-hybridized carbons (Fsp3) is 0.308. The highest BCUT2D eigenvalue weighted by molar-refractivity contribution is 7.98. The van der Waals surface area contributed by atoms with Crippen LogP contribution in [0.3, 0.4) is 0 Å². The van der Waals surface area contributed by atoms with Gasteiger partial charge in [-0.05, 0) is 30.7 Å². The lowest BCUT2D eigenvalue weighted by atomic mass is 10.2. The van der Waals surface area contributed by atoms with Gasteiger partial charge in [0.25, 0.3) is 0 Å². The molecule has 3 N–H and O–H groups in total. The summed E-state index contributed by atoms with van der Waals surface area (Å²) in [5.74, 6) is 0.707. The zero-order valence-electron chi connectivity index (χ0n) is 10.1. The first-order chi connectivity index (χ1) is 8.56. The number of benzene rings is 1. The average molecular weight is 265 g/mol. The van der Waals surface area contributed by atoms with Crippen molar-refractivity contribution in [3.05, 3.63) is 35.6 Å². The standard InChI is InChI=1S/C13H15NO3S/c1-8(14)6-18-7-9-2-3-11-10(4-9)5-12(17-11)13(15)16/h2-5,8H,6-7,14H2,1H3,(H,15,16). The van der Waals surface area contributed by atoms with Crippen molar-refractivity contribution in [2.45, 2.75) is 18.7 Å². The molecule has 0 radical (unpaired) electrons. The van der Waals surface area contributed by atoms with Gasteiger partial charge in [-0.3, -0.25) is 0 Å². The molecular weight excluding hydrogens is 250 g/mol. The van der Waals surface area contributed by atoms with Gasteiger partial charge in [-0.2, -0.15) is 11.8 Å². The van der Waals surface area contributed by atoms with E-state index in [1.165, 1.54) is 0 Å². The van der Waals surface area contributed by atoms with Crippen LogP contribution in [0.25, 0.3) is 11.0 Å². The Hall–Kier alpha value is -1.46. The minimum absolute atomic E-state index is 0.0228. The van der Waals surface area contributed by atoms with Gasteiger partial charge in [0.15, 0.2) is 0 Å². The Bertz CT molecular complexity index is 562. The van der Waals surface area contributed by atoms with Crippen LogP contribution in [-0.2, 0) is 5.75 Å². The van der Waals surface area contributed by atoms with Gasteiger partial charge in [0.2, 0.25) is 5.76 Å². The van der Waals surface area contributed by atoms with E-state index < -0.39 is 5.97 Å². The van der Waals surface area contributed by atoms with Crippen molar-refractivity contribution in [3.63, 3.8) is 0 Å². The van der Waals surface area contributed by atoms with E-state index in [2.05, 4.69) is 0 Å². The number of fused-ring (bicyclic) bond motifs is 1. The number of furan rings is 1. The van der Waals surface area contributed by atoms with Gasteiger partial charge in [0.05, 0.1) is 0 Å². The average Bonchev–Trinajstić information content (AvgIpc) is 2.71. The lowest BCUT2D eigenvalue weighted by molar-refractivity contribution is 0.0665. The molecule has 0 fully saturated rings. The molecule has 4 nitrogen and oxygen atoms in total. The van der Waals surface area contributed by atoms with Crippen molar-refractivity contribution >= 4 is 28.7 Å². The van der Waals surface area contributed by atoms with Gasteiger partial charge >= 0.3 is 5.97 Å². The highest BCUT2D eigenvalue weighted by Crippen LogP contribution is 2.23. The molecule has 1 aromatic carbocycles. The van der Waals surface area contributed by atoms with Crippen LogP contribution in [-0.4, -0.2) is 22.9 Å². The van der Waals surface area contributed by atoms with Crippen LogP contribution in [0.5, 0.6) is 0 Å². The molecule has 0 aliphatic rings. The molecule has 96 valence electrons. The second-order valence-electron chi connectivity index (χ2n) is 4.28. The fourth-order valence-corrected chi connectivity index (χ4v) is 2.56. The Balaban J connectivity index is 2.14. The lowest BCUT2D eigenvalue weighted by Crippen LogP contribution is -2.17. The zero-order valence-corrected chi connectivity index (χ0v) is 10.9. The Kier molecular flexibility index (Phi) is 3.93. The minimum atomic E-state index is -1.04. The summed E-state index contributed by atoms with van der Waals surface area (Å²) in [7, 11) is 0. The fourth-order valence-electron chi connectivity index (χ4n) is 1.65. The van der Waals surface area contributed by atoms with E-state index >= 15 is 0 Å². The Morgan fingerprint density at radius 2 is 2.28 bits per heavy atom. The maximum absolute atomic E-state index is 10.8. The smallest absolute Gasteiger partial charge is 0.371 e. The summed E-state index contributed by atoms with van der Waals surface area (Å²) in [5.41, 5.74) is 7.43. The van der Waals surface area contributed by atoms with Crippen molar-refractivity contribution in [1.82, 2.24) is 0 Å². The summed E-state index contributed by atoms with van der Waals surface area (Å²) in [6.45, 7) is 1.98.